The standard InChI is InChI=1S/C17H38N2O5S2/c1-8-11-13(16(4,5)15(10-3)25(18,20)21)24-14(12-9-2)17(6,7)26(19,22)23/h13-15H,8-12H2,1-7H3,(H2,18,20,21)(H2,19,22,23). The van der Waals surface area contributed by atoms with Gasteiger partial charge in [-0.25, -0.2) is 27.1 Å². The Balaban J connectivity index is 5.99. The van der Waals surface area contributed by atoms with Crippen molar-refractivity contribution in [1.82, 2.24) is 0 Å². The third-order valence-corrected chi connectivity index (χ3v) is 8.83. The number of ether oxygens (including phenoxy) is 1. The second kappa shape index (κ2) is 9.32. The van der Waals surface area contributed by atoms with Crippen LogP contribution in [0.5, 0.6) is 0 Å². The van der Waals surface area contributed by atoms with E-state index in [1.165, 1.54) is 0 Å². The van der Waals surface area contributed by atoms with Crippen LogP contribution in [0.15, 0.2) is 0 Å². The molecule has 0 heterocycles. The van der Waals surface area contributed by atoms with Crippen molar-refractivity contribution in [1.29, 1.82) is 0 Å². The Morgan fingerprint density at radius 1 is 0.846 bits per heavy atom. The van der Waals surface area contributed by atoms with Crippen LogP contribution in [0.3, 0.4) is 0 Å². The zero-order chi connectivity index (χ0) is 21.0. The maximum Gasteiger partial charge on any atom is 0.216 e. The summed E-state index contributed by atoms with van der Waals surface area (Å²) in [6.07, 6.45) is 1.84. The Labute approximate surface area is 160 Å². The molecule has 3 atom stereocenters. The maximum atomic E-state index is 12.1. The van der Waals surface area contributed by atoms with Gasteiger partial charge < -0.3 is 4.74 Å². The summed E-state index contributed by atoms with van der Waals surface area (Å²) >= 11 is 0. The van der Waals surface area contributed by atoms with Crippen LogP contribution in [-0.4, -0.2) is 39.0 Å². The van der Waals surface area contributed by atoms with Crippen molar-refractivity contribution in [2.45, 2.75) is 103 Å². The van der Waals surface area contributed by atoms with Gasteiger partial charge in [0.1, 0.15) is 4.75 Å². The van der Waals surface area contributed by atoms with Gasteiger partial charge in [-0.3, -0.25) is 0 Å². The molecule has 0 fully saturated rings. The number of rotatable bonds is 12. The molecule has 0 aromatic carbocycles. The normalized spacial score (nSPS) is 17.7. The molecule has 7 nitrogen and oxygen atoms in total. The van der Waals surface area contributed by atoms with Crippen molar-refractivity contribution in [2.75, 3.05) is 0 Å². The molecule has 0 aliphatic heterocycles. The van der Waals surface area contributed by atoms with Crippen molar-refractivity contribution in [3.63, 3.8) is 0 Å². The molecular formula is C17H38N2O5S2. The van der Waals surface area contributed by atoms with E-state index < -0.39 is 47.7 Å². The molecule has 0 aromatic rings. The van der Waals surface area contributed by atoms with Crippen LogP contribution >= 0.6 is 0 Å². The molecule has 0 spiro atoms. The van der Waals surface area contributed by atoms with Gasteiger partial charge in [0.05, 0.1) is 17.5 Å². The molecule has 3 unspecified atom stereocenters. The van der Waals surface area contributed by atoms with E-state index >= 15 is 0 Å². The average Bonchev–Trinajstić information content (AvgIpc) is 2.43. The topological polar surface area (TPSA) is 130 Å². The minimum Gasteiger partial charge on any atom is -0.373 e. The van der Waals surface area contributed by atoms with E-state index in [-0.39, 0.29) is 0 Å². The summed E-state index contributed by atoms with van der Waals surface area (Å²) in [5.41, 5.74) is -0.779. The van der Waals surface area contributed by atoms with Crippen LogP contribution in [0, 0.1) is 5.41 Å². The zero-order valence-electron chi connectivity index (χ0n) is 17.3. The molecule has 0 aliphatic carbocycles. The second-order valence-electron chi connectivity index (χ2n) is 8.15. The molecule has 0 aromatic heterocycles. The van der Waals surface area contributed by atoms with Crippen molar-refractivity contribution < 1.29 is 21.6 Å². The predicted molar refractivity (Wildman–Crippen MR) is 107 cm³/mol. The van der Waals surface area contributed by atoms with Crippen LogP contribution in [0.4, 0.5) is 0 Å². The van der Waals surface area contributed by atoms with Gasteiger partial charge in [-0.1, -0.05) is 47.5 Å². The van der Waals surface area contributed by atoms with Crippen LogP contribution in [-0.2, 0) is 24.8 Å². The van der Waals surface area contributed by atoms with Crippen LogP contribution in [0.25, 0.3) is 0 Å². The van der Waals surface area contributed by atoms with E-state index in [1.807, 2.05) is 27.7 Å². The van der Waals surface area contributed by atoms with Gasteiger partial charge in [0.15, 0.2) is 0 Å². The summed E-state index contributed by atoms with van der Waals surface area (Å²) in [7, 11) is -7.62. The lowest BCUT2D eigenvalue weighted by Crippen LogP contribution is -2.54. The van der Waals surface area contributed by atoms with Gasteiger partial charge in [0, 0.05) is 5.41 Å². The highest BCUT2D eigenvalue weighted by Crippen LogP contribution is 2.38. The molecule has 9 heteroatoms. The lowest BCUT2D eigenvalue weighted by Gasteiger charge is -2.43. The van der Waals surface area contributed by atoms with Gasteiger partial charge in [-0.15, -0.1) is 0 Å². The van der Waals surface area contributed by atoms with Crippen LogP contribution in [0.1, 0.15) is 80.6 Å². The van der Waals surface area contributed by atoms with E-state index in [4.69, 9.17) is 15.0 Å². The Morgan fingerprint density at radius 2 is 1.27 bits per heavy atom. The second-order valence-corrected chi connectivity index (χ2v) is 12.0. The predicted octanol–water partition coefficient (Wildman–Crippen LogP) is 2.50. The molecule has 0 saturated heterocycles. The van der Waals surface area contributed by atoms with E-state index in [0.717, 1.165) is 12.8 Å². The van der Waals surface area contributed by atoms with Gasteiger partial charge in [-0.05, 0) is 33.1 Å². The van der Waals surface area contributed by atoms with E-state index in [9.17, 15) is 16.8 Å². The summed E-state index contributed by atoms with van der Waals surface area (Å²) in [5.74, 6) is 0. The van der Waals surface area contributed by atoms with E-state index in [0.29, 0.717) is 19.3 Å². The summed E-state index contributed by atoms with van der Waals surface area (Å²) in [6, 6.07) is 0. The highest BCUT2D eigenvalue weighted by Gasteiger charge is 2.47. The van der Waals surface area contributed by atoms with Gasteiger partial charge >= 0.3 is 0 Å². The van der Waals surface area contributed by atoms with E-state index in [2.05, 4.69) is 0 Å². The Hall–Kier alpha value is -0.220. The molecule has 4 N–H and O–H groups in total. The molecule has 0 bridgehead atoms. The lowest BCUT2D eigenvalue weighted by atomic mass is 9.79. The molecule has 0 saturated carbocycles. The Kier molecular flexibility index (Phi) is 9.24. The molecule has 158 valence electrons. The highest BCUT2D eigenvalue weighted by atomic mass is 32.2. The number of primary sulfonamides is 2. The Bertz CT molecular complexity index is 642. The van der Waals surface area contributed by atoms with Gasteiger partial charge in [0.2, 0.25) is 20.0 Å². The molecule has 26 heavy (non-hydrogen) atoms. The fourth-order valence-corrected chi connectivity index (χ4v) is 5.49. The zero-order valence-corrected chi connectivity index (χ0v) is 18.9. The first-order chi connectivity index (χ1) is 11.6. The Morgan fingerprint density at radius 3 is 1.58 bits per heavy atom. The number of nitrogens with two attached hydrogens (primary N) is 2. The highest BCUT2D eigenvalue weighted by molar-refractivity contribution is 7.90. The molecule has 0 rings (SSSR count). The number of hydrogen-bond acceptors (Lipinski definition) is 5. The largest absolute Gasteiger partial charge is 0.373 e. The fraction of sp³-hybridized carbons (Fsp3) is 1.00. The van der Waals surface area contributed by atoms with Crippen LogP contribution in [0.2, 0.25) is 0 Å². The molecule has 0 radical (unpaired) electrons. The fourth-order valence-electron chi connectivity index (χ4n) is 3.49. The third-order valence-electron chi connectivity index (χ3n) is 5.37. The van der Waals surface area contributed by atoms with Crippen molar-refractivity contribution in [2.24, 2.45) is 15.7 Å². The first-order valence-electron chi connectivity index (χ1n) is 9.26. The van der Waals surface area contributed by atoms with Crippen LogP contribution < -0.4 is 10.3 Å². The van der Waals surface area contributed by atoms with Crippen molar-refractivity contribution in [3.8, 4) is 0 Å². The van der Waals surface area contributed by atoms with Gasteiger partial charge in [-0.2, -0.15) is 0 Å². The molecular weight excluding hydrogens is 376 g/mol. The summed E-state index contributed by atoms with van der Waals surface area (Å²) in [4.78, 5) is 0. The lowest BCUT2D eigenvalue weighted by molar-refractivity contribution is -0.0914. The summed E-state index contributed by atoms with van der Waals surface area (Å²) in [5, 5.41) is 10.1. The van der Waals surface area contributed by atoms with Gasteiger partial charge in [0.25, 0.3) is 0 Å². The monoisotopic (exact) mass is 414 g/mol. The SMILES string of the molecule is CCCC(OC(CCC)C(C)(C)S(N)(=O)=O)C(C)(C)C(CC)S(N)(=O)=O. The summed E-state index contributed by atoms with van der Waals surface area (Å²) < 4.78 is 53.4. The maximum absolute atomic E-state index is 12.1. The van der Waals surface area contributed by atoms with Crippen molar-refractivity contribution in [3.05, 3.63) is 0 Å². The average molecular weight is 415 g/mol. The number of hydrogen-bond donors (Lipinski definition) is 2. The minimum absolute atomic E-state index is 0.354. The smallest absolute Gasteiger partial charge is 0.216 e. The third kappa shape index (κ3) is 6.15. The minimum atomic E-state index is -3.85. The first kappa shape index (κ1) is 25.8. The first-order valence-corrected chi connectivity index (χ1v) is 12.4. The molecule has 0 aliphatic rings. The molecule has 0 amide bonds. The quantitative estimate of drug-likeness (QED) is 0.507. The van der Waals surface area contributed by atoms with E-state index in [1.54, 1.807) is 20.8 Å². The van der Waals surface area contributed by atoms with Crippen molar-refractivity contribution >= 4 is 20.0 Å². The number of sulfonamides is 2. The summed E-state index contributed by atoms with van der Waals surface area (Å²) in [6.45, 7) is 12.4.